The number of aryl methyl sites for hydroxylation is 4. The smallest absolute Gasteiger partial charge is 0.334 e. The third-order valence-corrected chi connectivity index (χ3v) is 8.46. The zero-order valence-electron chi connectivity index (χ0n) is 20.1. The van der Waals surface area contributed by atoms with Gasteiger partial charge in [0, 0.05) is 21.9 Å². The highest BCUT2D eigenvalue weighted by Crippen LogP contribution is 2.64. The third kappa shape index (κ3) is 2.22. The fourth-order valence-corrected chi connectivity index (χ4v) is 5.00. The maximum atomic E-state index is 6.77. The van der Waals surface area contributed by atoms with Crippen LogP contribution < -0.4 is 4.74 Å². The van der Waals surface area contributed by atoms with Crippen molar-refractivity contribution in [2.75, 3.05) is 0 Å². The molecular weight excluding hydrogens is 364 g/mol. The lowest BCUT2D eigenvalue weighted by molar-refractivity contribution is -0.381. The molecule has 0 radical (unpaired) electrons. The Morgan fingerprint density at radius 3 is 1.69 bits per heavy atom. The van der Waals surface area contributed by atoms with Crippen molar-refractivity contribution in [3.05, 3.63) is 28.0 Å². The van der Waals surface area contributed by atoms with Gasteiger partial charge in [0.2, 0.25) is 0 Å². The Morgan fingerprint density at radius 1 is 0.655 bits per heavy atom. The summed E-state index contributed by atoms with van der Waals surface area (Å²) in [4.78, 5) is 0. The minimum absolute atomic E-state index is 0.266. The summed E-state index contributed by atoms with van der Waals surface area (Å²) < 4.78 is 26.3. The second-order valence-corrected chi connectivity index (χ2v) is 11.1. The highest BCUT2D eigenvalue weighted by atomic mass is 16.9. The predicted molar refractivity (Wildman–Crippen MR) is 116 cm³/mol. The lowest BCUT2D eigenvalue weighted by atomic mass is 9.59. The summed E-state index contributed by atoms with van der Waals surface area (Å²) in [5.74, 6) is 0.607. The molecule has 3 heterocycles. The van der Waals surface area contributed by atoms with Gasteiger partial charge in [-0.05, 0) is 66.5 Å². The third-order valence-electron chi connectivity index (χ3n) is 8.46. The van der Waals surface area contributed by atoms with E-state index in [0.717, 1.165) is 22.7 Å². The van der Waals surface area contributed by atoms with Crippen molar-refractivity contribution < 1.29 is 18.6 Å². The largest absolute Gasteiger partial charge is 0.461 e. The standard InChI is InChI=1S/C25H36O4/c1-13-16(4)26-19-15(3)20-18(14(2)17(13)19)21(5,6)22(7,8)25(27-20)28-23(9,10)24(11,12)29-25/h1-12H3. The van der Waals surface area contributed by atoms with E-state index >= 15 is 0 Å². The van der Waals surface area contributed by atoms with E-state index in [4.69, 9.17) is 18.6 Å². The molecular formula is C25H36O4. The minimum atomic E-state index is -1.18. The molecule has 1 spiro atoms. The van der Waals surface area contributed by atoms with E-state index in [9.17, 15) is 0 Å². The normalized spacial score (nSPS) is 25.2. The summed E-state index contributed by atoms with van der Waals surface area (Å²) in [6.45, 7) is 25.7. The van der Waals surface area contributed by atoms with Crippen molar-refractivity contribution in [1.82, 2.24) is 0 Å². The summed E-state index contributed by atoms with van der Waals surface area (Å²) in [5, 5.41) is 1.20. The van der Waals surface area contributed by atoms with Gasteiger partial charge in [0.05, 0.1) is 16.6 Å². The Morgan fingerprint density at radius 2 is 1.17 bits per heavy atom. The van der Waals surface area contributed by atoms with Crippen molar-refractivity contribution in [3.63, 3.8) is 0 Å². The molecule has 0 atom stereocenters. The minimum Gasteiger partial charge on any atom is -0.461 e. The zero-order valence-corrected chi connectivity index (χ0v) is 20.1. The number of hydrogen-bond acceptors (Lipinski definition) is 4. The van der Waals surface area contributed by atoms with Crippen LogP contribution in [0.5, 0.6) is 5.75 Å². The average molecular weight is 401 g/mol. The van der Waals surface area contributed by atoms with Crippen LogP contribution in [-0.4, -0.2) is 17.2 Å². The summed E-state index contributed by atoms with van der Waals surface area (Å²) in [6.07, 6.45) is 0. The van der Waals surface area contributed by atoms with Gasteiger partial charge in [-0.3, -0.25) is 0 Å². The molecule has 1 aromatic carbocycles. The number of furan rings is 1. The SMILES string of the molecule is Cc1oc2c(C)c3c(c(C)c2c1C)C(C)(C)C(C)(C)C1(O3)OC(C)(C)C(C)(C)O1. The van der Waals surface area contributed by atoms with Crippen molar-refractivity contribution >= 4 is 11.0 Å². The molecule has 1 aromatic heterocycles. The van der Waals surface area contributed by atoms with Gasteiger partial charge >= 0.3 is 5.97 Å². The second kappa shape index (κ2) is 5.39. The first-order valence-electron chi connectivity index (χ1n) is 10.6. The fourth-order valence-electron chi connectivity index (χ4n) is 5.00. The summed E-state index contributed by atoms with van der Waals surface area (Å²) >= 11 is 0. The molecule has 0 bridgehead atoms. The first-order valence-corrected chi connectivity index (χ1v) is 10.6. The number of hydrogen-bond donors (Lipinski definition) is 0. The molecule has 2 aromatic rings. The van der Waals surface area contributed by atoms with Gasteiger partial charge < -0.3 is 18.6 Å². The molecule has 4 nitrogen and oxygen atoms in total. The zero-order chi connectivity index (χ0) is 21.9. The predicted octanol–water partition coefficient (Wildman–Crippen LogP) is 6.62. The van der Waals surface area contributed by atoms with Gasteiger partial charge in [-0.2, -0.15) is 0 Å². The molecule has 29 heavy (non-hydrogen) atoms. The first kappa shape index (κ1) is 20.7. The van der Waals surface area contributed by atoms with Gasteiger partial charge in [0.25, 0.3) is 0 Å². The summed E-state index contributed by atoms with van der Waals surface area (Å²) in [5.41, 5.74) is 3.84. The lowest BCUT2D eigenvalue weighted by Crippen LogP contribution is -2.63. The van der Waals surface area contributed by atoms with Crippen LogP contribution >= 0.6 is 0 Å². The van der Waals surface area contributed by atoms with E-state index in [1.165, 1.54) is 22.1 Å². The van der Waals surface area contributed by atoms with Crippen molar-refractivity contribution in [1.29, 1.82) is 0 Å². The quantitative estimate of drug-likeness (QED) is 0.498. The highest BCUT2D eigenvalue weighted by Gasteiger charge is 2.71. The van der Waals surface area contributed by atoms with E-state index in [0.29, 0.717) is 0 Å². The molecule has 4 rings (SSSR count). The molecule has 160 valence electrons. The molecule has 4 heteroatoms. The van der Waals surface area contributed by atoms with E-state index in [2.05, 4.69) is 76.2 Å². The van der Waals surface area contributed by atoms with E-state index in [-0.39, 0.29) is 5.41 Å². The van der Waals surface area contributed by atoms with Gasteiger partial charge in [0.15, 0.2) is 0 Å². The number of fused-ring (bicyclic) bond motifs is 2. The van der Waals surface area contributed by atoms with E-state index < -0.39 is 22.6 Å². The second-order valence-electron chi connectivity index (χ2n) is 11.1. The van der Waals surface area contributed by atoms with Gasteiger partial charge in [0.1, 0.15) is 17.1 Å². The van der Waals surface area contributed by atoms with Crippen LogP contribution in [0.2, 0.25) is 0 Å². The number of ether oxygens (including phenoxy) is 3. The van der Waals surface area contributed by atoms with Crippen molar-refractivity contribution in [2.24, 2.45) is 5.41 Å². The van der Waals surface area contributed by atoms with Crippen LogP contribution in [0.4, 0.5) is 0 Å². The van der Waals surface area contributed by atoms with Crippen LogP contribution in [-0.2, 0) is 14.9 Å². The van der Waals surface area contributed by atoms with Crippen LogP contribution in [0.1, 0.15) is 83.4 Å². The molecule has 2 aliphatic rings. The summed E-state index contributed by atoms with van der Waals surface area (Å²) in [7, 11) is 0. The fraction of sp³-hybridized carbons (Fsp3) is 0.680. The van der Waals surface area contributed by atoms with Crippen LogP contribution in [0.3, 0.4) is 0 Å². The number of rotatable bonds is 0. The van der Waals surface area contributed by atoms with Gasteiger partial charge in [-0.1, -0.05) is 27.7 Å². The molecule has 2 aliphatic heterocycles. The Hall–Kier alpha value is -1.52. The van der Waals surface area contributed by atoms with E-state index in [1.54, 1.807) is 0 Å². The summed E-state index contributed by atoms with van der Waals surface area (Å²) in [6, 6.07) is 0. The Kier molecular flexibility index (Phi) is 3.85. The first-order chi connectivity index (χ1) is 13.0. The molecule has 0 aliphatic carbocycles. The molecule has 1 saturated heterocycles. The highest BCUT2D eigenvalue weighted by molar-refractivity contribution is 5.92. The van der Waals surface area contributed by atoms with Gasteiger partial charge in [-0.15, -0.1) is 0 Å². The van der Waals surface area contributed by atoms with Crippen LogP contribution in [0, 0.1) is 33.1 Å². The Bertz CT molecular complexity index is 1020. The lowest BCUT2D eigenvalue weighted by Gasteiger charge is -2.55. The van der Waals surface area contributed by atoms with Crippen molar-refractivity contribution in [2.45, 2.75) is 106 Å². The molecule has 1 fully saturated rings. The average Bonchev–Trinajstić information content (AvgIpc) is 2.95. The molecule has 0 amide bonds. The maximum Gasteiger partial charge on any atom is 0.334 e. The Labute approximate surface area is 174 Å². The van der Waals surface area contributed by atoms with Crippen LogP contribution in [0.15, 0.2) is 4.42 Å². The Balaban J connectivity index is 2.08. The molecule has 0 saturated carbocycles. The van der Waals surface area contributed by atoms with E-state index in [1.807, 2.05) is 6.92 Å². The van der Waals surface area contributed by atoms with Crippen molar-refractivity contribution in [3.8, 4) is 5.75 Å². The topological polar surface area (TPSA) is 40.8 Å². The van der Waals surface area contributed by atoms with Crippen LogP contribution in [0.25, 0.3) is 11.0 Å². The molecule has 0 unspecified atom stereocenters. The van der Waals surface area contributed by atoms with Gasteiger partial charge in [-0.25, -0.2) is 0 Å². The monoisotopic (exact) mass is 400 g/mol. The molecule has 0 N–H and O–H groups in total. The maximum absolute atomic E-state index is 6.77. The number of benzene rings is 1.